The molecule has 0 saturated carbocycles. The number of hydrogen-bond donors (Lipinski definition) is 0. The number of carbonyl (C=O) groups excluding carboxylic acids is 2. The summed E-state index contributed by atoms with van der Waals surface area (Å²) in [4.78, 5) is 30.0. The van der Waals surface area contributed by atoms with Gasteiger partial charge in [-0.3, -0.25) is 9.69 Å². The molecule has 0 bridgehead atoms. The van der Waals surface area contributed by atoms with E-state index in [1.807, 2.05) is 30.3 Å². The lowest BCUT2D eigenvalue weighted by molar-refractivity contribution is -0.115. The summed E-state index contributed by atoms with van der Waals surface area (Å²) in [6.45, 7) is 3.01. The summed E-state index contributed by atoms with van der Waals surface area (Å²) in [6, 6.07) is 13.4. The maximum atomic E-state index is 13.6. The molecular formula is C20H17FN2O3S. The number of nitrogens with zero attached hydrogens (tertiary/aromatic N) is 2. The van der Waals surface area contributed by atoms with Crippen LogP contribution in [0.2, 0.25) is 0 Å². The highest BCUT2D eigenvalue weighted by molar-refractivity contribution is 7.14. The highest BCUT2D eigenvalue weighted by Gasteiger charge is 2.18. The molecule has 138 valence electrons. The molecule has 0 unspecified atom stereocenters. The van der Waals surface area contributed by atoms with Gasteiger partial charge in [-0.2, -0.15) is 0 Å². The first-order valence-corrected chi connectivity index (χ1v) is 9.07. The molecule has 5 nitrogen and oxygen atoms in total. The monoisotopic (exact) mass is 384 g/mol. The Hall–Kier alpha value is -3.06. The summed E-state index contributed by atoms with van der Waals surface area (Å²) in [5.41, 5.74) is 1.82. The van der Waals surface area contributed by atoms with Crippen molar-refractivity contribution in [2.24, 2.45) is 0 Å². The zero-order valence-electron chi connectivity index (χ0n) is 14.8. The zero-order valence-corrected chi connectivity index (χ0v) is 15.6. The molecule has 1 heterocycles. The standard InChI is InChI=1S/C20H17FN2O3S/c1-13-8-9-15(10-18(13)21)19(25)26-11-16-12-27-20(22-16)23(14(2)24)17-6-4-3-5-7-17/h3-10,12H,11H2,1-2H3. The largest absolute Gasteiger partial charge is 0.456 e. The number of hydrogen-bond acceptors (Lipinski definition) is 5. The van der Waals surface area contributed by atoms with Gasteiger partial charge in [-0.1, -0.05) is 24.3 Å². The molecule has 1 aromatic heterocycles. The van der Waals surface area contributed by atoms with Gasteiger partial charge in [0.1, 0.15) is 12.4 Å². The first-order valence-electron chi connectivity index (χ1n) is 8.19. The van der Waals surface area contributed by atoms with Crippen LogP contribution >= 0.6 is 11.3 Å². The fourth-order valence-corrected chi connectivity index (χ4v) is 3.28. The first-order chi connectivity index (χ1) is 13.0. The van der Waals surface area contributed by atoms with Gasteiger partial charge in [0, 0.05) is 12.3 Å². The molecule has 0 atom stereocenters. The number of anilines is 2. The second kappa shape index (κ2) is 8.09. The Morgan fingerprint density at radius 1 is 1.19 bits per heavy atom. The maximum Gasteiger partial charge on any atom is 0.338 e. The van der Waals surface area contributed by atoms with E-state index < -0.39 is 11.8 Å². The molecule has 0 fully saturated rings. The molecule has 7 heteroatoms. The summed E-state index contributed by atoms with van der Waals surface area (Å²) in [6.07, 6.45) is 0. The van der Waals surface area contributed by atoms with Crippen molar-refractivity contribution in [3.8, 4) is 0 Å². The number of esters is 1. The minimum absolute atomic E-state index is 0.0641. The second-order valence-corrected chi connectivity index (χ2v) is 6.69. The summed E-state index contributed by atoms with van der Waals surface area (Å²) in [5.74, 6) is -1.26. The molecule has 2 aromatic carbocycles. The number of aromatic nitrogens is 1. The van der Waals surface area contributed by atoms with E-state index in [0.29, 0.717) is 22.1 Å². The van der Waals surface area contributed by atoms with Crippen LogP contribution in [0.1, 0.15) is 28.5 Å². The van der Waals surface area contributed by atoms with E-state index in [0.717, 1.165) is 6.07 Å². The maximum absolute atomic E-state index is 13.6. The average Bonchev–Trinajstić information content (AvgIpc) is 3.11. The van der Waals surface area contributed by atoms with Crippen molar-refractivity contribution < 1.29 is 18.7 Å². The molecule has 0 spiro atoms. The zero-order chi connectivity index (χ0) is 19.4. The predicted octanol–water partition coefficient (Wildman–Crippen LogP) is 4.63. The average molecular weight is 384 g/mol. The topological polar surface area (TPSA) is 59.5 Å². The van der Waals surface area contributed by atoms with Crippen LogP contribution in [0.4, 0.5) is 15.2 Å². The molecule has 0 N–H and O–H groups in total. The third-order valence-electron chi connectivity index (χ3n) is 3.82. The molecule has 3 rings (SSSR count). The van der Waals surface area contributed by atoms with Gasteiger partial charge >= 0.3 is 5.97 Å². The van der Waals surface area contributed by atoms with E-state index in [1.54, 1.807) is 12.3 Å². The van der Waals surface area contributed by atoms with Gasteiger partial charge in [-0.05, 0) is 36.8 Å². The van der Waals surface area contributed by atoms with E-state index in [2.05, 4.69) is 4.98 Å². The third-order valence-corrected chi connectivity index (χ3v) is 4.69. The molecule has 0 saturated heterocycles. The van der Waals surface area contributed by atoms with Crippen molar-refractivity contribution in [2.75, 3.05) is 4.90 Å². The number of benzene rings is 2. The highest BCUT2D eigenvalue weighted by Crippen LogP contribution is 2.29. The van der Waals surface area contributed by atoms with Crippen molar-refractivity contribution >= 4 is 34.0 Å². The normalized spacial score (nSPS) is 10.5. The van der Waals surface area contributed by atoms with Crippen LogP contribution in [0.25, 0.3) is 0 Å². The van der Waals surface area contributed by atoms with Crippen molar-refractivity contribution in [2.45, 2.75) is 20.5 Å². The summed E-state index contributed by atoms with van der Waals surface area (Å²) >= 11 is 1.28. The molecule has 0 aliphatic rings. The van der Waals surface area contributed by atoms with E-state index in [-0.39, 0.29) is 18.1 Å². The lowest BCUT2D eigenvalue weighted by Crippen LogP contribution is -2.22. The number of halogens is 1. The Morgan fingerprint density at radius 3 is 2.59 bits per heavy atom. The SMILES string of the molecule is CC(=O)N(c1ccccc1)c1nc(COC(=O)c2ccc(C)c(F)c2)cs1. The number of thiazole rings is 1. The number of carbonyl (C=O) groups is 2. The smallest absolute Gasteiger partial charge is 0.338 e. The summed E-state index contributed by atoms with van der Waals surface area (Å²) in [7, 11) is 0. The first kappa shape index (κ1) is 18.7. The molecule has 3 aromatic rings. The van der Waals surface area contributed by atoms with Crippen LogP contribution < -0.4 is 4.90 Å². The lowest BCUT2D eigenvalue weighted by Gasteiger charge is -2.17. The Bertz CT molecular complexity index is 972. The van der Waals surface area contributed by atoms with Crippen LogP contribution in [0.5, 0.6) is 0 Å². The molecule has 1 amide bonds. The summed E-state index contributed by atoms with van der Waals surface area (Å²) in [5, 5.41) is 2.21. The third kappa shape index (κ3) is 4.38. The fourth-order valence-electron chi connectivity index (χ4n) is 2.41. The van der Waals surface area contributed by atoms with Crippen LogP contribution in [-0.2, 0) is 16.1 Å². The number of amides is 1. The Kier molecular flexibility index (Phi) is 5.61. The summed E-state index contributed by atoms with van der Waals surface area (Å²) < 4.78 is 18.8. The van der Waals surface area contributed by atoms with Crippen LogP contribution in [0.3, 0.4) is 0 Å². The quantitative estimate of drug-likeness (QED) is 0.602. The number of rotatable bonds is 5. The van der Waals surface area contributed by atoms with E-state index in [9.17, 15) is 14.0 Å². The highest BCUT2D eigenvalue weighted by atomic mass is 32.1. The van der Waals surface area contributed by atoms with Gasteiger partial charge in [0.05, 0.1) is 16.9 Å². The molecule has 0 radical (unpaired) electrons. The van der Waals surface area contributed by atoms with Crippen LogP contribution in [0.15, 0.2) is 53.9 Å². The van der Waals surface area contributed by atoms with E-state index >= 15 is 0 Å². The number of para-hydroxylation sites is 1. The lowest BCUT2D eigenvalue weighted by atomic mass is 10.1. The fraction of sp³-hybridized carbons (Fsp3) is 0.150. The Labute approximate surface area is 160 Å². The van der Waals surface area contributed by atoms with Crippen LogP contribution in [-0.4, -0.2) is 16.9 Å². The van der Waals surface area contributed by atoms with Crippen molar-refractivity contribution in [3.63, 3.8) is 0 Å². The van der Waals surface area contributed by atoms with Crippen molar-refractivity contribution in [3.05, 3.63) is 76.5 Å². The number of ether oxygens (including phenoxy) is 1. The number of aryl methyl sites for hydroxylation is 1. The van der Waals surface area contributed by atoms with E-state index in [4.69, 9.17) is 4.74 Å². The molecule has 0 aliphatic carbocycles. The Morgan fingerprint density at radius 2 is 1.93 bits per heavy atom. The van der Waals surface area contributed by atoms with Gasteiger partial charge < -0.3 is 4.74 Å². The van der Waals surface area contributed by atoms with Gasteiger partial charge in [-0.25, -0.2) is 14.2 Å². The molecular weight excluding hydrogens is 367 g/mol. The van der Waals surface area contributed by atoms with Gasteiger partial charge in [-0.15, -0.1) is 11.3 Å². The Balaban J connectivity index is 1.71. The van der Waals surface area contributed by atoms with Crippen molar-refractivity contribution in [1.29, 1.82) is 0 Å². The molecule has 0 aliphatic heterocycles. The predicted molar refractivity (Wildman–Crippen MR) is 102 cm³/mol. The minimum atomic E-state index is -0.630. The van der Waals surface area contributed by atoms with Crippen LogP contribution in [0, 0.1) is 12.7 Å². The van der Waals surface area contributed by atoms with Gasteiger partial charge in [0.15, 0.2) is 5.13 Å². The van der Waals surface area contributed by atoms with Gasteiger partial charge in [0.2, 0.25) is 5.91 Å². The van der Waals surface area contributed by atoms with E-state index in [1.165, 1.54) is 35.3 Å². The van der Waals surface area contributed by atoms with Crippen molar-refractivity contribution in [1.82, 2.24) is 4.98 Å². The minimum Gasteiger partial charge on any atom is -0.456 e. The molecule has 27 heavy (non-hydrogen) atoms. The van der Waals surface area contributed by atoms with Gasteiger partial charge in [0.25, 0.3) is 0 Å². The second-order valence-electron chi connectivity index (χ2n) is 5.85.